The summed E-state index contributed by atoms with van der Waals surface area (Å²) in [6.45, 7) is 0.487. The average molecular weight is 313 g/mol. The monoisotopic (exact) mass is 313 g/mol. The number of carbonyl (C=O) groups is 2. The minimum Gasteiger partial charge on any atom is -0.481 e. The number of carboxylic acid groups (broad SMARTS) is 1. The van der Waals surface area contributed by atoms with E-state index in [4.69, 9.17) is 20.6 Å². The first kappa shape index (κ1) is 19.9. The lowest BCUT2D eigenvalue weighted by molar-refractivity contribution is -0.137. The van der Waals surface area contributed by atoms with Crippen LogP contribution in [-0.2, 0) is 9.59 Å². The van der Waals surface area contributed by atoms with Gasteiger partial charge in [0.1, 0.15) is 11.6 Å². The Bertz CT molecular complexity index is 411. The van der Waals surface area contributed by atoms with E-state index in [1.165, 1.54) is 11.1 Å². The second-order valence-electron chi connectivity index (χ2n) is 4.60. The van der Waals surface area contributed by atoms with Gasteiger partial charge in [0, 0.05) is 32.3 Å². The van der Waals surface area contributed by atoms with E-state index < -0.39 is 11.9 Å². The van der Waals surface area contributed by atoms with E-state index in [9.17, 15) is 9.59 Å². The number of amides is 1. The Morgan fingerprint density at radius 3 is 2.27 bits per heavy atom. The van der Waals surface area contributed by atoms with Crippen LogP contribution in [0, 0.1) is 11.3 Å². The van der Waals surface area contributed by atoms with Crippen LogP contribution in [0.25, 0.3) is 0 Å². The number of aliphatic hydroxyl groups is 2. The van der Waals surface area contributed by atoms with Crippen molar-refractivity contribution in [2.45, 2.75) is 25.7 Å². The molecule has 0 aliphatic heterocycles. The molecule has 22 heavy (non-hydrogen) atoms. The summed E-state index contributed by atoms with van der Waals surface area (Å²) in [6, 6.07) is 1.78. The summed E-state index contributed by atoms with van der Waals surface area (Å²) >= 11 is 0. The summed E-state index contributed by atoms with van der Waals surface area (Å²) in [5.41, 5.74) is -0.104. The Morgan fingerprint density at radius 2 is 1.77 bits per heavy atom. The number of aliphatic hydroxyl groups excluding tert-OH is 2. The van der Waals surface area contributed by atoms with Crippen molar-refractivity contribution in [3.8, 4) is 6.07 Å². The van der Waals surface area contributed by atoms with Crippen molar-refractivity contribution in [3.63, 3.8) is 0 Å². The minimum atomic E-state index is -0.841. The smallest absolute Gasteiger partial charge is 0.303 e. The molecule has 0 rings (SSSR count). The third-order valence-corrected chi connectivity index (χ3v) is 2.80. The van der Waals surface area contributed by atoms with E-state index in [1.807, 2.05) is 0 Å². The first-order valence-electron chi connectivity index (χ1n) is 7.12. The quantitative estimate of drug-likeness (QED) is 0.215. The fraction of sp³-hybridized carbons (Fsp3) is 0.643. The molecule has 0 atom stereocenters. The zero-order valence-corrected chi connectivity index (χ0v) is 12.5. The highest BCUT2D eigenvalue weighted by molar-refractivity contribution is 5.97. The van der Waals surface area contributed by atoms with E-state index >= 15 is 0 Å². The number of hydrogen-bond donors (Lipinski definition) is 4. The molecule has 0 unspecified atom stereocenters. The van der Waals surface area contributed by atoms with E-state index in [-0.39, 0.29) is 38.3 Å². The largest absolute Gasteiger partial charge is 0.481 e. The first-order chi connectivity index (χ1) is 10.5. The van der Waals surface area contributed by atoms with E-state index in [0.29, 0.717) is 25.8 Å². The summed E-state index contributed by atoms with van der Waals surface area (Å²) in [5.74, 6) is -1.37. The van der Waals surface area contributed by atoms with Gasteiger partial charge in [0.25, 0.3) is 5.91 Å². The van der Waals surface area contributed by atoms with Crippen molar-refractivity contribution < 1.29 is 24.9 Å². The minimum absolute atomic E-state index is 0.104. The second kappa shape index (κ2) is 12.6. The Kier molecular flexibility index (Phi) is 11.4. The lowest BCUT2D eigenvalue weighted by atomic mass is 10.2. The molecule has 0 radical (unpaired) electrons. The van der Waals surface area contributed by atoms with Gasteiger partial charge in [0.2, 0.25) is 0 Å². The highest BCUT2D eigenvalue weighted by Gasteiger charge is 2.10. The highest BCUT2D eigenvalue weighted by Crippen LogP contribution is 2.01. The van der Waals surface area contributed by atoms with E-state index in [0.717, 1.165) is 0 Å². The van der Waals surface area contributed by atoms with Crippen LogP contribution >= 0.6 is 0 Å². The molecule has 8 heteroatoms. The number of unbranched alkanes of at least 4 members (excludes halogenated alkanes) is 2. The van der Waals surface area contributed by atoms with Crippen molar-refractivity contribution in [3.05, 3.63) is 11.8 Å². The number of carbonyl (C=O) groups excluding carboxylic acids is 1. The molecule has 0 spiro atoms. The van der Waals surface area contributed by atoms with Gasteiger partial charge in [-0.2, -0.15) is 5.26 Å². The molecule has 4 N–H and O–H groups in total. The maximum Gasteiger partial charge on any atom is 0.303 e. The van der Waals surface area contributed by atoms with Gasteiger partial charge in [0.15, 0.2) is 0 Å². The normalized spacial score (nSPS) is 10.9. The summed E-state index contributed by atoms with van der Waals surface area (Å²) < 4.78 is 0. The third kappa shape index (κ3) is 9.74. The molecule has 1 amide bonds. The molecular formula is C14H23N3O5. The molecular weight excluding hydrogens is 290 g/mol. The Morgan fingerprint density at radius 1 is 1.14 bits per heavy atom. The van der Waals surface area contributed by atoms with Crippen LogP contribution in [0.1, 0.15) is 25.7 Å². The summed E-state index contributed by atoms with van der Waals surface area (Å²) in [5, 5.41) is 37.8. The van der Waals surface area contributed by atoms with Crippen LogP contribution in [0.15, 0.2) is 11.8 Å². The molecule has 0 aromatic carbocycles. The summed E-state index contributed by atoms with van der Waals surface area (Å²) in [4.78, 5) is 23.6. The fourth-order valence-electron chi connectivity index (χ4n) is 1.69. The lowest BCUT2D eigenvalue weighted by Gasteiger charge is -2.18. The summed E-state index contributed by atoms with van der Waals surface area (Å²) in [7, 11) is 0. The first-order valence-corrected chi connectivity index (χ1v) is 7.12. The highest BCUT2D eigenvalue weighted by atomic mass is 16.4. The van der Waals surface area contributed by atoms with Gasteiger partial charge in [-0.05, 0) is 12.8 Å². The number of nitriles is 1. The Balaban J connectivity index is 4.23. The molecule has 0 fully saturated rings. The number of rotatable bonds is 12. The molecule has 0 aromatic heterocycles. The van der Waals surface area contributed by atoms with Gasteiger partial charge in [0.05, 0.1) is 13.2 Å². The van der Waals surface area contributed by atoms with Gasteiger partial charge >= 0.3 is 5.97 Å². The standard InChI is InChI=1S/C14H23N3O5/c15-10-12(11-17(6-8-18)7-9-19)14(22)16-5-3-1-2-4-13(20)21/h11,18-19H,1-9H2,(H,16,22)(H,20,21)/b12-11-. The van der Waals surface area contributed by atoms with Gasteiger partial charge in [-0.15, -0.1) is 0 Å². The van der Waals surface area contributed by atoms with Crippen molar-refractivity contribution in [2.24, 2.45) is 0 Å². The molecule has 0 aromatic rings. The van der Waals surface area contributed by atoms with Crippen LogP contribution in [0.5, 0.6) is 0 Å². The number of aliphatic carboxylic acids is 1. The predicted octanol–water partition coefficient (Wildman–Crippen LogP) is -0.558. The number of hydrogen-bond acceptors (Lipinski definition) is 6. The van der Waals surface area contributed by atoms with Gasteiger partial charge in [-0.25, -0.2) is 0 Å². The van der Waals surface area contributed by atoms with Gasteiger partial charge in [-0.1, -0.05) is 6.42 Å². The van der Waals surface area contributed by atoms with Crippen molar-refractivity contribution in [1.29, 1.82) is 5.26 Å². The third-order valence-electron chi connectivity index (χ3n) is 2.80. The van der Waals surface area contributed by atoms with Gasteiger partial charge in [-0.3, -0.25) is 9.59 Å². The SMILES string of the molecule is N#C/C(=C/N(CCO)CCO)C(=O)NCCCCCC(=O)O. The van der Waals surface area contributed by atoms with E-state index in [2.05, 4.69) is 5.32 Å². The van der Waals surface area contributed by atoms with Crippen molar-refractivity contribution >= 4 is 11.9 Å². The fourth-order valence-corrected chi connectivity index (χ4v) is 1.69. The summed E-state index contributed by atoms with van der Waals surface area (Å²) in [6.07, 6.45) is 3.28. The zero-order valence-electron chi connectivity index (χ0n) is 12.5. The Hall–Kier alpha value is -2.11. The predicted molar refractivity (Wildman–Crippen MR) is 78.6 cm³/mol. The average Bonchev–Trinajstić information content (AvgIpc) is 2.48. The van der Waals surface area contributed by atoms with Crippen LogP contribution in [-0.4, -0.2) is 64.9 Å². The molecule has 0 aliphatic rings. The topological polar surface area (TPSA) is 134 Å². The van der Waals surface area contributed by atoms with Crippen LogP contribution in [0.3, 0.4) is 0 Å². The maximum absolute atomic E-state index is 11.8. The van der Waals surface area contributed by atoms with Crippen LogP contribution in [0.2, 0.25) is 0 Å². The molecule has 124 valence electrons. The van der Waals surface area contributed by atoms with Gasteiger partial charge < -0.3 is 25.5 Å². The zero-order chi connectivity index (χ0) is 16.8. The molecule has 0 heterocycles. The van der Waals surface area contributed by atoms with Crippen LogP contribution < -0.4 is 5.32 Å². The van der Waals surface area contributed by atoms with E-state index in [1.54, 1.807) is 6.07 Å². The number of carboxylic acids is 1. The Labute approximate surface area is 129 Å². The maximum atomic E-state index is 11.8. The van der Waals surface area contributed by atoms with Crippen LogP contribution in [0.4, 0.5) is 0 Å². The van der Waals surface area contributed by atoms with Crippen molar-refractivity contribution in [1.82, 2.24) is 10.2 Å². The lowest BCUT2D eigenvalue weighted by Crippen LogP contribution is -2.29. The molecule has 0 saturated heterocycles. The number of nitrogens with one attached hydrogen (secondary N) is 1. The number of nitrogens with zero attached hydrogens (tertiary/aromatic N) is 2. The molecule has 8 nitrogen and oxygen atoms in total. The molecule has 0 bridgehead atoms. The van der Waals surface area contributed by atoms with Crippen molar-refractivity contribution in [2.75, 3.05) is 32.8 Å². The second-order valence-corrected chi connectivity index (χ2v) is 4.60. The molecule has 0 saturated carbocycles. The molecule has 0 aliphatic carbocycles.